The van der Waals surface area contributed by atoms with Crippen molar-refractivity contribution in [3.8, 4) is 0 Å². The van der Waals surface area contributed by atoms with E-state index in [0.717, 1.165) is 31.6 Å². The topological polar surface area (TPSA) is 38.7 Å². The van der Waals surface area contributed by atoms with E-state index >= 15 is 0 Å². The van der Waals surface area contributed by atoms with E-state index in [2.05, 4.69) is 61.2 Å². The van der Waals surface area contributed by atoms with Crippen LogP contribution < -0.4 is 0 Å². The van der Waals surface area contributed by atoms with E-state index in [1.165, 1.54) is 38.5 Å². The van der Waals surface area contributed by atoms with Gasteiger partial charge in [0.1, 0.15) is 0 Å². The van der Waals surface area contributed by atoms with Crippen LogP contribution in [0.3, 0.4) is 0 Å². The molecule has 2 aliphatic rings. The highest BCUT2D eigenvalue weighted by molar-refractivity contribution is 6.74. The summed E-state index contributed by atoms with van der Waals surface area (Å²) in [6.45, 7) is 22.8. The van der Waals surface area contributed by atoms with Gasteiger partial charge in [-0.05, 0) is 74.4 Å². The fourth-order valence-corrected chi connectivity index (χ4v) is 7.55. The Kier molecular flexibility index (Phi) is 8.73. The largest absolute Gasteiger partial charge is 0.390 e. The minimum Gasteiger partial charge on any atom is -0.390 e. The highest BCUT2D eigenvalue weighted by atomic mass is 28.4. The number of rotatable bonds is 11. The van der Waals surface area contributed by atoms with Gasteiger partial charge >= 0.3 is 0 Å². The standard InChI is InChI=1S/C27H52O3Si/c1-10-21-29-27(20-19-26(28,11-2)12-3,30-31(8,9)24(4,5)6)23-17-16-22-15-13-14-18-25(22,23)7/h10,22-23,28H,1,11-21H2,2-9H3. The molecular weight excluding hydrogens is 400 g/mol. The summed E-state index contributed by atoms with van der Waals surface area (Å²) in [6, 6.07) is 0. The van der Waals surface area contributed by atoms with Crippen LogP contribution in [0.2, 0.25) is 18.1 Å². The molecule has 3 nitrogen and oxygen atoms in total. The van der Waals surface area contributed by atoms with Gasteiger partial charge in [0.05, 0.1) is 12.2 Å². The molecule has 4 atom stereocenters. The Hall–Kier alpha value is -0.163. The summed E-state index contributed by atoms with van der Waals surface area (Å²) in [5.74, 6) is 0.505. The Balaban J connectivity index is 2.52. The first-order valence-corrected chi connectivity index (χ1v) is 15.9. The smallest absolute Gasteiger partial charge is 0.195 e. The molecule has 1 N–H and O–H groups in total. The van der Waals surface area contributed by atoms with Crippen molar-refractivity contribution >= 4 is 8.32 Å². The zero-order chi connectivity index (χ0) is 23.6. The van der Waals surface area contributed by atoms with E-state index in [1.807, 2.05) is 6.08 Å². The number of ether oxygens (including phenoxy) is 1. The van der Waals surface area contributed by atoms with Crippen LogP contribution in [0.4, 0.5) is 0 Å². The Morgan fingerprint density at radius 2 is 1.71 bits per heavy atom. The molecule has 0 aromatic heterocycles. The van der Waals surface area contributed by atoms with Crippen molar-refractivity contribution < 1.29 is 14.3 Å². The van der Waals surface area contributed by atoms with E-state index < -0.39 is 19.7 Å². The summed E-state index contributed by atoms with van der Waals surface area (Å²) < 4.78 is 14.1. The lowest BCUT2D eigenvalue weighted by atomic mass is 9.63. The molecule has 4 heteroatoms. The van der Waals surface area contributed by atoms with Gasteiger partial charge in [0, 0.05) is 12.3 Å². The number of hydrogen-bond acceptors (Lipinski definition) is 3. The first-order valence-electron chi connectivity index (χ1n) is 13.0. The van der Waals surface area contributed by atoms with Crippen LogP contribution in [-0.2, 0) is 9.16 Å². The molecule has 0 amide bonds. The van der Waals surface area contributed by atoms with Gasteiger partial charge < -0.3 is 14.3 Å². The van der Waals surface area contributed by atoms with Crippen LogP contribution in [0.1, 0.15) is 106 Å². The highest BCUT2D eigenvalue weighted by Gasteiger charge is 2.59. The molecule has 31 heavy (non-hydrogen) atoms. The van der Waals surface area contributed by atoms with Gasteiger partial charge in [0.15, 0.2) is 14.1 Å². The van der Waals surface area contributed by atoms with E-state index in [-0.39, 0.29) is 10.5 Å². The molecule has 0 spiro atoms. The van der Waals surface area contributed by atoms with E-state index in [9.17, 15) is 5.11 Å². The lowest BCUT2D eigenvalue weighted by Gasteiger charge is -2.54. The van der Waals surface area contributed by atoms with Crippen LogP contribution in [0, 0.1) is 17.3 Å². The average Bonchev–Trinajstić information content (AvgIpc) is 3.06. The van der Waals surface area contributed by atoms with Gasteiger partial charge in [0.2, 0.25) is 0 Å². The second kappa shape index (κ2) is 9.99. The molecule has 2 rings (SSSR count). The van der Waals surface area contributed by atoms with Crippen LogP contribution in [0.5, 0.6) is 0 Å². The minimum absolute atomic E-state index is 0.104. The molecule has 182 valence electrons. The lowest BCUT2D eigenvalue weighted by Crippen LogP contribution is -2.58. The summed E-state index contributed by atoms with van der Waals surface area (Å²) in [5, 5.41) is 11.3. The summed E-state index contributed by atoms with van der Waals surface area (Å²) in [6.07, 6.45) is 12.6. The summed E-state index contributed by atoms with van der Waals surface area (Å²) in [7, 11) is -2.10. The molecule has 0 saturated heterocycles. The Morgan fingerprint density at radius 1 is 1.06 bits per heavy atom. The van der Waals surface area contributed by atoms with Crippen molar-refractivity contribution in [2.24, 2.45) is 17.3 Å². The van der Waals surface area contributed by atoms with E-state index in [4.69, 9.17) is 9.16 Å². The molecular formula is C27H52O3Si. The molecule has 0 radical (unpaired) electrons. The third-order valence-electron chi connectivity index (χ3n) is 9.52. The molecule has 2 saturated carbocycles. The average molecular weight is 453 g/mol. The Morgan fingerprint density at radius 3 is 2.26 bits per heavy atom. The summed E-state index contributed by atoms with van der Waals surface area (Å²) >= 11 is 0. The van der Waals surface area contributed by atoms with Crippen molar-refractivity contribution in [1.82, 2.24) is 0 Å². The van der Waals surface area contributed by atoms with Gasteiger partial charge in [0.25, 0.3) is 0 Å². The van der Waals surface area contributed by atoms with Crippen molar-refractivity contribution in [2.75, 3.05) is 6.61 Å². The van der Waals surface area contributed by atoms with Crippen molar-refractivity contribution in [2.45, 2.75) is 135 Å². The van der Waals surface area contributed by atoms with Gasteiger partial charge in [-0.2, -0.15) is 0 Å². The summed E-state index contributed by atoms with van der Waals surface area (Å²) in [4.78, 5) is 0. The van der Waals surface area contributed by atoms with Crippen LogP contribution in [-0.4, -0.2) is 31.4 Å². The van der Waals surface area contributed by atoms with E-state index in [0.29, 0.717) is 12.5 Å². The maximum Gasteiger partial charge on any atom is 0.195 e. The molecule has 0 heterocycles. The van der Waals surface area contributed by atoms with Crippen LogP contribution in [0.25, 0.3) is 0 Å². The monoisotopic (exact) mass is 452 g/mol. The fourth-order valence-electron chi connectivity index (χ4n) is 6.08. The van der Waals surface area contributed by atoms with Gasteiger partial charge in [-0.25, -0.2) is 0 Å². The third kappa shape index (κ3) is 5.67. The molecule has 0 aromatic rings. The number of fused-ring (bicyclic) bond motifs is 1. The Bertz CT molecular complexity index is 592. The van der Waals surface area contributed by atoms with Crippen molar-refractivity contribution in [3.05, 3.63) is 12.7 Å². The maximum atomic E-state index is 11.2. The molecule has 0 aliphatic heterocycles. The van der Waals surface area contributed by atoms with Crippen molar-refractivity contribution in [1.29, 1.82) is 0 Å². The SMILES string of the molecule is C=CCOC(CCC(O)(CC)CC)(O[Si](C)(C)C(C)(C)C)C1CCC2CCCCC21C. The zero-order valence-electron chi connectivity index (χ0n) is 22.0. The zero-order valence-corrected chi connectivity index (χ0v) is 23.0. The maximum absolute atomic E-state index is 11.2. The highest BCUT2D eigenvalue weighted by Crippen LogP contribution is 2.61. The quantitative estimate of drug-likeness (QED) is 0.197. The van der Waals surface area contributed by atoms with Crippen LogP contribution >= 0.6 is 0 Å². The third-order valence-corrected chi connectivity index (χ3v) is 14.0. The Labute approximate surface area is 194 Å². The fraction of sp³-hybridized carbons (Fsp3) is 0.926. The van der Waals surface area contributed by atoms with Gasteiger partial charge in [-0.1, -0.05) is 60.5 Å². The predicted octanol–water partition coefficient (Wildman–Crippen LogP) is 7.84. The molecule has 2 aliphatic carbocycles. The van der Waals surface area contributed by atoms with Crippen LogP contribution in [0.15, 0.2) is 12.7 Å². The summed E-state index contributed by atoms with van der Waals surface area (Å²) in [5.41, 5.74) is -0.386. The first-order chi connectivity index (χ1) is 14.3. The molecule has 4 unspecified atom stereocenters. The number of hydrogen-bond donors (Lipinski definition) is 1. The predicted molar refractivity (Wildman–Crippen MR) is 135 cm³/mol. The number of aliphatic hydroxyl groups is 1. The van der Waals surface area contributed by atoms with Crippen molar-refractivity contribution in [3.63, 3.8) is 0 Å². The molecule has 2 fully saturated rings. The minimum atomic E-state index is -2.10. The van der Waals surface area contributed by atoms with Gasteiger partial charge in [-0.3, -0.25) is 0 Å². The second-order valence-corrected chi connectivity index (χ2v) is 17.0. The lowest BCUT2D eigenvalue weighted by molar-refractivity contribution is -0.250. The molecule has 0 bridgehead atoms. The molecule has 0 aromatic carbocycles. The second-order valence-electron chi connectivity index (χ2n) is 12.3. The van der Waals surface area contributed by atoms with E-state index in [1.54, 1.807) is 0 Å². The first kappa shape index (κ1) is 27.1. The normalized spacial score (nSPS) is 29.5. The van der Waals surface area contributed by atoms with Gasteiger partial charge in [-0.15, -0.1) is 6.58 Å².